The van der Waals surface area contributed by atoms with Crippen LogP contribution in [0, 0.1) is 0 Å². The maximum absolute atomic E-state index is 12.8. The maximum atomic E-state index is 12.8. The summed E-state index contributed by atoms with van der Waals surface area (Å²) < 4.78 is 22.1. The van der Waals surface area contributed by atoms with E-state index in [1.54, 1.807) is 6.08 Å². The standard InChI is InChI=1S/C47H87N2O7P/c1-3-5-7-9-11-13-15-17-19-20-21-22-23-24-25-26-28-30-32-34-36-38-44(50)42-47(52)49-45(43-56-57(53,54)55-41-40-48)46(51)39-37-35-33-31-29-27-18-16-14-12-10-8-6-4-2/h14,16,21-22,24-25,29,31,37,39,44-46,50-51H,3-13,15,17-20,23,26-28,30,32-36,38,40-43,48H2,1-2H3,(H,49,52)(H,53,54)/b16-14+,22-21-,25-24-,31-29+,39-37+. The predicted molar refractivity (Wildman–Crippen MR) is 241 cm³/mol. The molecular weight excluding hydrogens is 735 g/mol. The molecule has 9 nitrogen and oxygen atoms in total. The van der Waals surface area contributed by atoms with Crippen LogP contribution in [0.15, 0.2) is 60.8 Å². The third-order valence-corrected chi connectivity index (χ3v) is 10.8. The van der Waals surface area contributed by atoms with Gasteiger partial charge >= 0.3 is 7.82 Å². The number of hydrogen-bond donors (Lipinski definition) is 5. The van der Waals surface area contributed by atoms with Crippen LogP contribution in [0.2, 0.25) is 0 Å². The molecule has 0 radical (unpaired) electrons. The molecule has 4 unspecified atom stereocenters. The number of allylic oxidation sites excluding steroid dienone is 9. The quantitative estimate of drug-likeness (QED) is 0.0232. The highest BCUT2D eigenvalue weighted by atomic mass is 31.2. The molecule has 0 saturated heterocycles. The first-order chi connectivity index (χ1) is 27.8. The molecular formula is C47H87N2O7P. The average Bonchev–Trinajstić information content (AvgIpc) is 3.19. The number of aliphatic hydroxyl groups excluding tert-OH is 2. The molecule has 10 heteroatoms. The zero-order chi connectivity index (χ0) is 41.9. The molecule has 0 heterocycles. The van der Waals surface area contributed by atoms with E-state index in [0.29, 0.717) is 12.8 Å². The fourth-order valence-electron chi connectivity index (χ4n) is 6.35. The molecule has 332 valence electrons. The van der Waals surface area contributed by atoms with Gasteiger partial charge in [0, 0.05) is 6.54 Å². The van der Waals surface area contributed by atoms with Gasteiger partial charge < -0.3 is 26.2 Å². The predicted octanol–water partition coefficient (Wildman–Crippen LogP) is 12.0. The van der Waals surface area contributed by atoms with E-state index in [9.17, 15) is 24.5 Å². The van der Waals surface area contributed by atoms with E-state index < -0.39 is 38.6 Å². The van der Waals surface area contributed by atoms with Crippen molar-refractivity contribution in [3.8, 4) is 0 Å². The number of phosphoric ester groups is 1. The Kier molecular flexibility index (Phi) is 40.9. The van der Waals surface area contributed by atoms with Crippen LogP contribution in [0.4, 0.5) is 0 Å². The van der Waals surface area contributed by atoms with Crippen molar-refractivity contribution < 1.29 is 33.5 Å². The van der Waals surface area contributed by atoms with E-state index in [2.05, 4.69) is 67.8 Å². The molecule has 57 heavy (non-hydrogen) atoms. The zero-order valence-corrected chi connectivity index (χ0v) is 37.3. The summed E-state index contributed by atoms with van der Waals surface area (Å²) in [6, 6.07) is -1.01. The van der Waals surface area contributed by atoms with Crippen molar-refractivity contribution >= 4 is 13.7 Å². The van der Waals surface area contributed by atoms with Crippen LogP contribution >= 0.6 is 7.82 Å². The van der Waals surface area contributed by atoms with Crippen molar-refractivity contribution in [2.75, 3.05) is 19.8 Å². The molecule has 0 saturated carbocycles. The molecule has 0 aliphatic carbocycles. The molecule has 0 aromatic carbocycles. The lowest BCUT2D eigenvalue weighted by Crippen LogP contribution is -2.46. The summed E-state index contributed by atoms with van der Waals surface area (Å²) in [6.07, 6.45) is 50.3. The number of amides is 1. The van der Waals surface area contributed by atoms with Gasteiger partial charge in [0.25, 0.3) is 0 Å². The van der Waals surface area contributed by atoms with Crippen molar-refractivity contribution in [1.29, 1.82) is 0 Å². The number of carbonyl (C=O) groups excluding carboxylic acids is 1. The fourth-order valence-corrected chi connectivity index (χ4v) is 7.11. The van der Waals surface area contributed by atoms with Crippen LogP contribution in [-0.4, -0.2) is 59.0 Å². The third kappa shape index (κ3) is 40.7. The van der Waals surface area contributed by atoms with E-state index in [1.165, 1.54) is 89.9 Å². The fraction of sp³-hybridized carbons (Fsp3) is 0.766. The summed E-state index contributed by atoms with van der Waals surface area (Å²) in [4.78, 5) is 22.8. The molecule has 0 aromatic heterocycles. The van der Waals surface area contributed by atoms with Gasteiger partial charge in [-0.15, -0.1) is 0 Å². The lowest BCUT2D eigenvalue weighted by atomic mass is 10.0. The molecule has 0 aromatic rings. The average molecular weight is 823 g/mol. The maximum Gasteiger partial charge on any atom is 0.472 e. The molecule has 4 atom stereocenters. The van der Waals surface area contributed by atoms with Gasteiger partial charge in [-0.25, -0.2) is 4.57 Å². The smallest absolute Gasteiger partial charge is 0.393 e. The van der Waals surface area contributed by atoms with Crippen molar-refractivity contribution in [2.45, 2.75) is 212 Å². The Bertz CT molecular complexity index is 1090. The molecule has 0 rings (SSSR count). The molecule has 1 amide bonds. The van der Waals surface area contributed by atoms with Gasteiger partial charge in [-0.2, -0.15) is 0 Å². The van der Waals surface area contributed by atoms with Crippen LogP contribution in [-0.2, 0) is 18.4 Å². The van der Waals surface area contributed by atoms with E-state index in [4.69, 9.17) is 14.8 Å². The van der Waals surface area contributed by atoms with Crippen LogP contribution < -0.4 is 11.1 Å². The summed E-state index contributed by atoms with van der Waals surface area (Å²) >= 11 is 0. The normalized spacial score (nSPS) is 15.1. The summed E-state index contributed by atoms with van der Waals surface area (Å²) in [6.45, 7) is 3.91. The Balaban J connectivity index is 4.33. The number of hydrogen-bond acceptors (Lipinski definition) is 7. The number of nitrogens with two attached hydrogens (primary N) is 1. The molecule has 0 bridgehead atoms. The van der Waals surface area contributed by atoms with Gasteiger partial charge in [0.15, 0.2) is 0 Å². The second-order valence-electron chi connectivity index (χ2n) is 15.4. The first-order valence-electron chi connectivity index (χ1n) is 23.0. The second kappa shape index (κ2) is 42.3. The van der Waals surface area contributed by atoms with E-state index >= 15 is 0 Å². The van der Waals surface area contributed by atoms with Crippen molar-refractivity contribution in [1.82, 2.24) is 5.32 Å². The van der Waals surface area contributed by atoms with Crippen LogP contribution in [0.3, 0.4) is 0 Å². The van der Waals surface area contributed by atoms with Crippen LogP contribution in [0.1, 0.15) is 194 Å². The third-order valence-electron chi connectivity index (χ3n) is 9.85. The number of carbonyl (C=O) groups is 1. The van der Waals surface area contributed by atoms with Gasteiger partial charge in [0.1, 0.15) is 0 Å². The number of aliphatic hydroxyl groups is 2. The number of unbranched alkanes of at least 4 members (excludes halogenated alkanes) is 20. The van der Waals surface area contributed by atoms with Gasteiger partial charge in [-0.3, -0.25) is 13.8 Å². The SMILES string of the molecule is CCCCCC/C=C/CC/C=C/CC/C=C/C(O)C(COP(=O)(O)OCCN)NC(=O)CC(O)CCCCCCC/C=C\C/C=C\CCCCCCCCCCC. The molecule has 0 aliphatic heterocycles. The van der Waals surface area contributed by atoms with Gasteiger partial charge in [-0.1, -0.05) is 171 Å². The highest BCUT2D eigenvalue weighted by Crippen LogP contribution is 2.43. The highest BCUT2D eigenvalue weighted by molar-refractivity contribution is 7.47. The Morgan fingerprint density at radius 2 is 1.05 bits per heavy atom. The Labute approximate surface area is 349 Å². The van der Waals surface area contributed by atoms with E-state index in [-0.39, 0.29) is 19.6 Å². The first kappa shape index (κ1) is 55.2. The monoisotopic (exact) mass is 823 g/mol. The summed E-state index contributed by atoms with van der Waals surface area (Å²) in [5, 5.41) is 24.0. The molecule has 0 aliphatic rings. The topological polar surface area (TPSA) is 151 Å². The summed E-state index contributed by atoms with van der Waals surface area (Å²) in [5.74, 6) is -0.470. The Morgan fingerprint density at radius 1 is 0.614 bits per heavy atom. The van der Waals surface area contributed by atoms with Crippen molar-refractivity contribution in [3.63, 3.8) is 0 Å². The number of nitrogens with one attached hydrogen (secondary N) is 1. The molecule has 6 N–H and O–H groups in total. The van der Waals surface area contributed by atoms with E-state index in [0.717, 1.165) is 70.6 Å². The minimum Gasteiger partial charge on any atom is -0.393 e. The minimum absolute atomic E-state index is 0.0382. The number of rotatable bonds is 42. The second-order valence-corrected chi connectivity index (χ2v) is 16.9. The van der Waals surface area contributed by atoms with Crippen molar-refractivity contribution in [3.05, 3.63) is 60.8 Å². The molecule has 0 spiro atoms. The van der Waals surface area contributed by atoms with Gasteiger partial charge in [0.2, 0.25) is 5.91 Å². The number of phosphoric acid groups is 1. The molecule has 0 fully saturated rings. The minimum atomic E-state index is -4.42. The highest BCUT2D eigenvalue weighted by Gasteiger charge is 2.27. The lowest BCUT2D eigenvalue weighted by Gasteiger charge is -2.24. The summed E-state index contributed by atoms with van der Waals surface area (Å²) in [7, 11) is -4.42. The Morgan fingerprint density at radius 3 is 1.58 bits per heavy atom. The Hall–Kier alpha value is -1.84. The van der Waals surface area contributed by atoms with Crippen molar-refractivity contribution in [2.24, 2.45) is 5.73 Å². The van der Waals surface area contributed by atoms with Crippen LogP contribution in [0.5, 0.6) is 0 Å². The van der Waals surface area contributed by atoms with E-state index in [1.807, 2.05) is 6.08 Å². The largest absolute Gasteiger partial charge is 0.472 e. The first-order valence-corrected chi connectivity index (χ1v) is 24.5. The zero-order valence-electron chi connectivity index (χ0n) is 36.4. The lowest BCUT2D eigenvalue weighted by molar-refractivity contribution is -0.124. The van der Waals surface area contributed by atoms with Gasteiger partial charge in [-0.05, 0) is 77.0 Å². The summed E-state index contributed by atoms with van der Waals surface area (Å²) in [5.41, 5.74) is 5.36. The van der Waals surface area contributed by atoms with Gasteiger partial charge in [0.05, 0.1) is 37.9 Å². The van der Waals surface area contributed by atoms with Crippen LogP contribution in [0.25, 0.3) is 0 Å².